The van der Waals surface area contributed by atoms with Gasteiger partial charge in [0.25, 0.3) is 5.91 Å². The van der Waals surface area contributed by atoms with Crippen molar-refractivity contribution < 1.29 is 14.3 Å². The van der Waals surface area contributed by atoms with E-state index >= 15 is 0 Å². The zero-order chi connectivity index (χ0) is 18.5. The van der Waals surface area contributed by atoms with Gasteiger partial charge in [-0.3, -0.25) is 9.59 Å². The second-order valence-corrected chi connectivity index (χ2v) is 8.47. The number of carbonyl (C=O) groups excluding carboxylic acids is 2. The van der Waals surface area contributed by atoms with Crippen LogP contribution in [0.4, 0.5) is 0 Å². The molecule has 1 N–H and O–H groups in total. The molecular weight excluding hydrogens is 370 g/mol. The Balaban J connectivity index is 1.48. The summed E-state index contributed by atoms with van der Waals surface area (Å²) in [5.74, 6) is -0.0583. The first-order valence-electron chi connectivity index (χ1n) is 8.85. The quantitative estimate of drug-likeness (QED) is 0.460. The number of carbonyl (C=O) groups is 2. The molecule has 1 fully saturated rings. The molecule has 3 rings (SSSR count). The standard InChI is InChI=1S/C18H23N3O3S2/c1-11-5-3-4-6-14(11)21-16(23)12(2)24-15(22)9-26-18-13-7-8-25-17(13)19-10-20-18/h7-8,10-12,14H,3-6,9H2,1-2H3,(H,21,23)/t11-,12+,14-/m0/s1. The Bertz CT molecular complexity index is 780. The Morgan fingerprint density at radius 3 is 3.00 bits per heavy atom. The molecule has 140 valence electrons. The summed E-state index contributed by atoms with van der Waals surface area (Å²) in [6.45, 7) is 3.78. The first-order chi connectivity index (χ1) is 12.5. The van der Waals surface area contributed by atoms with E-state index < -0.39 is 12.1 Å². The Hall–Kier alpha value is -1.67. The van der Waals surface area contributed by atoms with Crippen molar-refractivity contribution in [2.45, 2.75) is 56.7 Å². The van der Waals surface area contributed by atoms with Crippen molar-refractivity contribution in [2.24, 2.45) is 5.92 Å². The van der Waals surface area contributed by atoms with Crippen LogP contribution in [0, 0.1) is 5.92 Å². The number of hydrogen-bond donors (Lipinski definition) is 1. The van der Waals surface area contributed by atoms with E-state index in [-0.39, 0.29) is 17.7 Å². The van der Waals surface area contributed by atoms with Crippen LogP contribution in [-0.2, 0) is 14.3 Å². The molecule has 1 saturated carbocycles. The summed E-state index contributed by atoms with van der Waals surface area (Å²) in [4.78, 5) is 33.7. The summed E-state index contributed by atoms with van der Waals surface area (Å²) in [5, 5.41) is 6.66. The van der Waals surface area contributed by atoms with Crippen LogP contribution in [0.2, 0.25) is 0 Å². The Labute approximate surface area is 161 Å². The lowest BCUT2D eigenvalue weighted by Crippen LogP contribution is -2.46. The molecule has 1 amide bonds. The lowest BCUT2D eigenvalue weighted by molar-refractivity contribution is -0.152. The topological polar surface area (TPSA) is 81.2 Å². The molecule has 8 heteroatoms. The zero-order valence-corrected chi connectivity index (χ0v) is 16.6. The van der Waals surface area contributed by atoms with Gasteiger partial charge in [0.05, 0.1) is 5.75 Å². The van der Waals surface area contributed by atoms with E-state index in [1.165, 1.54) is 35.8 Å². The molecule has 0 aromatic carbocycles. The van der Waals surface area contributed by atoms with Crippen LogP contribution in [0.5, 0.6) is 0 Å². The average molecular weight is 394 g/mol. The predicted octanol–water partition coefficient (Wildman–Crippen LogP) is 3.41. The number of hydrogen-bond acceptors (Lipinski definition) is 7. The third-order valence-electron chi connectivity index (χ3n) is 4.67. The zero-order valence-electron chi connectivity index (χ0n) is 14.9. The van der Waals surface area contributed by atoms with E-state index in [1.807, 2.05) is 11.4 Å². The normalized spacial score (nSPS) is 21.3. The van der Waals surface area contributed by atoms with Crippen LogP contribution < -0.4 is 5.32 Å². The highest BCUT2D eigenvalue weighted by atomic mass is 32.2. The predicted molar refractivity (Wildman–Crippen MR) is 103 cm³/mol. The summed E-state index contributed by atoms with van der Waals surface area (Å²) >= 11 is 2.84. The first kappa shape index (κ1) is 19.1. The molecule has 2 aromatic rings. The summed E-state index contributed by atoms with van der Waals surface area (Å²) in [6, 6.07) is 2.12. The molecule has 3 atom stereocenters. The Morgan fingerprint density at radius 1 is 1.38 bits per heavy atom. The number of amides is 1. The smallest absolute Gasteiger partial charge is 0.317 e. The van der Waals surface area contributed by atoms with Crippen molar-refractivity contribution >= 4 is 45.2 Å². The van der Waals surface area contributed by atoms with Crippen molar-refractivity contribution in [3.63, 3.8) is 0 Å². The van der Waals surface area contributed by atoms with Crippen molar-refractivity contribution in [1.82, 2.24) is 15.3 Å². The average Bonchev–Trinajstić information content (AvgIpc) is 3.11. The lowest BCUT2D eigenvalue weighted by atomic mass is 9.86. The van der Waals surface area contributed by atoms with Crippen LogP contribution in [0.1, 0.15) is 39.5 Å². The number of ether oxygens (including phenoxy) is 1. The summed E-state index contributed by atoms with van der Waals surface area (Å²) < 4.78 is 5.29. The molecule has 0 bridgehead atoms. The van der Waals surface area contributed by atoms with Crippen molar-refractivity contribution in [1.29, 1.82) is 0 Å². The highest BCUT2D eigenvalue weighted by molar-refractivity contribution is 8.00. The summed E-state index contributed by atoms with van der Waals surface area (Å²) in [6.07, 6.45) is 5.18. The van der Waals surface area contributed by atoms with E-state index in [9.17, 15) is 9.59 Å². The van der Waals surface area contributed by atoms with Crippen LogP contribution in [0.25, 0.3) is 10.2 Å². The number of thiophene rings is 1. The summed E-state index contributed by atoms with van der Waals surface area (Å²) in [7, 11) is 0. The minimum Gasteiger partial charge on any atom is -0.452 e. The van der Waals surface area contributed by atoms with Gasteiger partial charge in [-0.15, -0.1) is 11.3 Å². The van der Waals surface area contributed by atoms with Gasteiger partial charge in [0, 0.05) is 11.4 Å². The molecule has 0 unspecified atom stereocenters. The number of thioether (sulfide) groups is 1. The van der Waals surface area contributed by atoms with Crippen LogP contribution in [0.3, 0.4) is 0 Å². The SMILES string of the molecule is C[C@@H](OC(=O)CSc1ncnc2sccc12)C(=O)N[C@H]1CCCC[C@@H]1C. The Morgan fingerprint density at radius 2 is 2.19 bits per heavy atom. The van der Waals surface area contributed by atoms with Gasteiger partial charge < -0.3 is 10.1 Å². The number of nitrogens with zero attached hydrogens (tertiary/aromatic N) is 2. The van der Waals surface area contributed by atoms with Gasteiger partial charge in [0.15, 0.2) is 6.10 Å². The minimum absolute atomic E-state index is 0.111. The third kappa shape index (κ3) is 4.73. The highest BCUT2D eigenvalue weighted by Gasteiger charge is 2.26. The molecule has 0 aliphatic heterocycles. The molecule has 2 aromatic heterocycles. The van der Waals surface area contributed by atoms with Gasteiger partial charge in [0.2, 0.25) is 0 Å². The van der Waals surface area contributed by atoms with Crippen LogP contribution in [-0.4, -0.2) is 39.7 Å². The second kappa shape index (κ2) is 8.81. The summed E-state index contributed by atoms with van der Waals surface area (Å²) in [5.41, 5.74) is 0. The maximum absolute atomic E-state index is 12.3. The van der Waals surface area contributed by atoms with Gasteiger partial charge in [-0.05, 0) is 37.1 Å². The maximum atomic E-state index is 12.3. The second-order valence-electron chi connectivity index (χ2n) is 6.62. The molecular formula is C18H23N3O3S2. The van der Waals surface area contributed by atoms with E-state index in [0.29, 0.717) is 5.92 Å². The van der Waals surface area contributed by atoms with Gasteiger partial charge in [-0.1, -0.05) is 31.5 Å². The van der Waals surface area contributed by atoms with Gasteiger partial charge in [-0.2, -0.15) is 0 Å². The number of fused-ring (bicyclic) bond motifs is 1. The molecule has 2 heterocycles. The fraction of sp³-hybridized carbons (Fsp3) is 0.556. The largest absolute Gasteiger partial charge is 0.452 e. The van der Waals surface area contributed by atoms with Gasteiger partial charge >= 0.3 is 5.97 Å². The fourth-order valence-electron chi connectivity index (χ4n) is 3.13. The van der Waals surface area contributed by atoms with Crippen LogP contribution in [0.15, 0.2) is 22.8 Å². The van der Waals surface area contributed by atoms with Crippen molar-refractivity contribution in [2.75, 3.05) is 5.75 Å². The minimum atomic E-state index is -0.788. The molecule has 0 radical (unpaired) electrons. The van der Waals surface area contributed by atoms with Crippen molar-refractivity contribution in [3.05, 3.63) is 17.8 Å². The van der Waals surface area contributed by atoms with Gasteiger partial charge in [0.1, 0.15) is 16.2 Å². The van der Waals surface area contributed by atoms with E-state index in [2.05, 4.69) is 22.2 Å². The van der Waals surface area contributed by atoms with E-state index in [0.717, 1.165) is 34.5 Å². The third-order valence-corrected chi connectivity index (χ3v) is 6.47. The van der Waals surface area contributed by atoms with Crippen LogP contribution >= 0.6 is 23.1 Å². The van der Waals surface area contributed by atoms with Crippen molar-refractivity contribution in [3.8, 4) is 0 Å². The Kier molecular flexibility index (Phi) is 6.48. The number of aromatic nitrogens is 2. The molecule has 6 nitrogen and oxygen atoms in total. The molecule has 1 aliphatic rings. The fourth-order valence-corrected chi connectivity index (χ4v) is 4.69. The van der Waals surface area contributed by atoms with Gasteiger partial charge in [-0.25, -0.2) is 9.97 Å². The number of rotatable bonds is 6. The molecule has 26 heavy (non-hydrogen) atoms. The highest BCUT2D eigenvalue weighted by Crippen LogP contribution is 2.27. The molecule has 0 spiro atoms. The maximum Gasteiger partial charge on any atom is 0.317 e. The molecule has 0 saturated heterocycles. The lowest BCUT2D eigenvalue weighted by Gasteiger charge is -2.30. The molecule has 1 aliphatic carbocycles. The number of esters is 1. The first-order valence-corrected chi connectivity index (χ1v) is 10.7. The van der Waals surface area contributed by atoms with E-state index in [1.54, 1.807) is 6.92 Å². The monoisotopic (exact) mass is 393 g/mol. The number of nitrogens with one attached hydrogen (secondary N) is 1. The van der Waals surface area contributed by atoms with E-state index in [4.69, 9.17) is 4.74 Å².